The maximum atomic E-state index is 13.1. The molecule has 29 heavy (non-hydrogen) atoms. The zero-order chi connectivity index (χ0) is 21.8. The third kappa shape index (κ3) is 5.57. The Bertz CT molecular complexity index is 956. The van der Waals surface area contributed by atoms with Gasteiger partial charge in [-0.25, -0.2) is 8.42 Å². The highest BCUT2D eigenvalue weighted by Gasteiger charge is 2.34. The van der Waals surface area contributed by atoms with Gasteiger partial charge in [0.15, 0.2) is 0 Å². The number of anilines is 1. The van der Waals surface area contributed by atoms with Crippen LogP contribution >= 0.6 is 0 Å². The molecule has 0 bridgehead atoms. The van der Waals surface area contributed by atoms with Crippen LogP contribution in [0.3, 0.4) is 0 Å². The predicted molar refractivity (Wildman–Crippen MR) is 105 cm³/mol. The maximum Gasteiger partial charge on any atom is 0.418 e. The lowest BCUT2D eigenvalue weighted by Gasteiger charge is -2.21. The molecular weight excluding hydrogens is 405 g/mol. The van der Waals surface area contributed by atoms with E-state index in [-0.39, 0.29) is 17.4 Å². The molecule has 5 nitrogen and oxygen atoms in total. The number of hydrogen-bond acceptors (Lipinski definition) is 3. The van der Waals surface area contributed by atoms with E-state index in [0.29, 0.717) is 0 Å². The second kappa shape index (κ2) is 8.96. The molecule has 2 aromatic rings. The average molecular weight is 428 g/mol. The lowest BCUT2D eigenvalue weighted by Crippen LogP contribution is -2.38. The van der Waals surface area contributed by atoms with Gasteiger partial charge in [0.05, 0.1) is 22.7 Å². The molecule has 1 N–H and O–H groups in total. The Hall–Kier alpha value is -2.39. The Balaban J connectivity index is 2.20. The summed E-state index contributed by atoms with van der Waals surface area (Å²) in [7, 11) is -3.97. The van der Waals surface area contributed by atoms with E-state index in [2.05, 4.69) is 5.32 Å². The van der Waals surface area contributed by atoms with E-state index >= 15 is 0 Å². The number of sulfonamides is 1. The Morgan fingerprint density at radius 3 is 2.17 bits per heavy atom. The van der Waals surface area contributed by atoms with Gasteiger partial charge in [0.25, 0.3) is 0 Å². The van der Waals surface area contributed by atoms with Gasteiger partial charge in [0, 0.05) is 6.54 Å². The van der Waals surface area contributed by atoms with E-state index in [1.54, 1.807) is 19.1 Å². The lowest BCUT2D eigenvalue weighted by molar-refractivity contribution is -0.137. The number of amides is 1. The van der Waals surface area contributed by atoms with Gasteiger partial charge in [0.1, 0.15) is 0 Å². The average Bonchev–Trinajstić information content (AvgIpc) is 2.65. The number of alkyl halides is 3. The zero-order valence-corrected chi connectivity index (χ0v) is 17.1. The van der Waals surface area contributed by atoms with Crippen LogP contribution in [0.4, 0.5) is 18.9 Å². The van der Waals surface area contributed by atoms with Crippen LogP contribution < -0.4 is 5.32 Å². The second-order valence-electron chi connectivity index (χ2n) is 6.75. The number of hydrogen-bond donors (Lipinski definition) is 1. The molecule has 0 aliphatic carbocycles. The number of benzene rings is 2. The van der Waals surface area contributed by atoms with Crippen molar-refractivity contribution >= 4 is 21.6 Å². The number of carbonyl (C=O) groups is 1. The summed E-state index contributed by atoms with van der Waals surface area (Å²) in [6, 6.07) is 10.9. The number of para-hydroxylation sites is 1. The van der Waals surface area contributed by atoms with Crippen molar-refractivity contribution in [3.8, 4) is 0 Å². The van der Waals surface area contributed by atoms with Crippen LogP contribution in [0.25, 0.3) is 0 Å². The third-order valence-corrected chi connectivity index (χ3v) is 6.30. The van der Waals surface area contributed by atoms with Crippen molar-refractivity contribution < 1.29 is 26.4 Å². The van der Waals surface area contributed by atoms with Gasteiger partial charge in [-0.15, -0.1) is 0 Å². The van der Waals surface area contributed by atoms with Crippen LogP contribution in [0, 0.1) is 0 Å². The number of rotatable bonds is 7. The molecule has 2 rings (SSSR count). The quantitative estimate of drug-likeness (QED) is 0.707. The minimum atomic E-state index is -4.64. The number of nitrogens with zero attached hydrogens (tertiary/aromatic N) is 1. The molecule has 1 amide bonds. The number of likely N-dealkylation sites (N-methyl/N-ethyl adjacent to an activating group) is 1. The monoisotopic (exact) mass is 428 g/mol. The van der Waals surface area contributed by atoms with E-state index < -0.39 is 39.9 Å². The van der Waals surface area contributed by atoms with E-state index in [1.165, 1.54) is 24.3 Å². The third-order valence-electron chi connectivity index (χ3n) is 4.36. The standard InChI is InChI=1S/C20H23F3N2O3S/c1-4-25(29(27,28)16-11-9-15(10-12-16)14(2)3)13-19(26)24-18-8-6-5-7-17(18)20(21,22)23/h5-12,14H,4,13H2,1-3H3,(H,24,26). The number of halogens is 3. The van der Waals surface area contributed by atoms with Crippen LogP contribution in [0.1, 0.15) is 37.8 Å². The highest BCUT2D eigenvalue weighted by atomic mass is 32.2. The minimum Gasteiger partial charge on any atom is -0.324 e. The fourth-order valence-electron chi connectivity index (χ4n) is 2.73. The van der Waals surface area contributed by atoms with Gasteiger partial charge in [-0.2, -0.15) is 17.5 Å². The summed E-state index contributed by atoms with van der Waals surface area (Å²) in [5, 5.41) is 2.16. The summed E-state index contributed by atoms with van der Waals surface area (Å²) in [4.78, 5) is 12.3. The Morgan fingerprint density at radius 1 is 1.07 bits per heavy atom. The molecule has 0 aliphatic heterocycles. The predicted octanol–water partition coefficient (Wildman–Crippen LogP) is 4.48. The van der Waals surface area contributed by atoms with E-state index in [4.69, 9.17) is 0 Å². The maximum absolute atomic E-state index is 13.1. The minimum absolute atomic E-state index is 0.0113. The molecule has 9 heteroatoms. The largest absolute Gasteiger partial charge is 0.418 e. The molecule has 0 aromatic heterocycles. The molecule has 0 saturated carbocycles. The van der Waals surface area contributed by atoms with Gasteiger partial charge >= 0.3 is 6.18 Å². The molecule has 2 aromatic carbocycles. The highest BCUT2D eigenvalue weighted by molar-refractivity contribution is 7.89. The lowest BCUT2D eigenvalue weighted by atomic mass is 10.0. The van der Waals surface area contributed by atoms with Crippen LogP contribution in [0.2, 0.25) is 0 Å². The summed E-state index contributed by atoms with van der Waals surface area (Å²) in [6.45, 7) is 4.90. The molecule has 0 saturated heterocycles. The Morgan fingerprint density at radius 2 is 1.66 bits per heavy atom. The summed E-state index contributed by atoms with van der Waals surface area (Å²) in [5.74, 6) is -0.626. The van der Waals surface area contributed by atoms with Crippen molar-refractivity contribution in [3.05, 3.63) is 59.7 Å². The van der Waals surface area contributed by atoms with Crippen molar-refractivity contribution in [1.82, 2.24) is 4.31 Å². The fraction of sp³-hybridized carbons (Fsp3) is 0.350. The number of nitrogens with one attached hydrogen (secondary N) is 1. The van der Waals surface area contributed by atoms with Crippen molar-refractivity contribution in [1.29, 1.82) is 0 Å². The van der Waals surface area contributed by atoms with Gasteiger partial charge in [-0.1, -0.05) is 45.0 Å². The molecule has 0 aliphatic rings. The first-order valence-electron chi connectivity index (χ1n) is 9.03. The topological polar surface area (TPSA) is 66.5 Å². The van der Waals surface area contributed by atoms with Crippen LogP contribution in [-0.2, 0) is 21.0 Å². The second-order valence-corrected chi connectivity index (χ2v) is 8.68. The van der Waals surface area contributed by atoms with Crippen LogP contribution in [0.15, 0.2) is 53.4 Å². The molecule has 0 fully saturated rings. The van der Waals surface area contributed by atoms with Crippen molar-refractivity contribution in [3.63, 3.8) is 0 Å². The highest BCUT2D eigenvalue weighted by Crippen LogP contribution is 2.34. The van der Waals surface area contributed by atoms with Crippen LogP contribution in [0.5, 0.6) is 0 Å². The van der Waals surface area contributed by atoms with Crippen molar-refractivity contribution in [2.75, 3.05) is 18.4 Å². The van der Waals surface area contributed by atoms with Gasteiger partial charge in [-0.05, 0) is 35.7 Å². The molecular formula is C20H23F3N2O3S. The number of carbonyl (C=O) groups excluding carboxylic acids is 1. The first-order valence-corrected chi connectivity index (χ1v) is 10.5. The SMILES string of the molecule is CCN(CC(=O)Nc1ccccc1C(F)(F)F)S(=O)(=O)c1ccc(C(C)C)cc1. The van der Waals surface area contributed by atoms with Gasteiger partial charge < -0.3 is 5.32 Å². The molecule has 0 unspecified atom stereocenters. The molecule has 158 valence electrons. The van der Waals surface area contributed by atoms with Crippen molar-refractivity contribution in [2.24, 2.45) is 0 Å². The Labute approximate surface area is 168 Å². The van der Waals surface area contributed by atoms with E-state index in [1.807, 2.05) is 13.8 Å². The smallest absolute Gasteiger partial charge is 0.324 e. The summed E-state index contributed by atoms with van der Waals surface area (Å²) < 4.78 is 65.8. The molecule has 0 radical (unpaired) electrons. The van der Waals surface area contributed by atoms with E-state index in [0.717, 1.165) is 22.0 Å². The molecule has 0 atom stereocenters. The zero-order valence-electron chi connectivity index (χ0n) is 16.3. The van der Waals surface area contributed by atoms with Crippen LogP contribution in [-0.4, -0.2) is 31.7 Å². The summed E-state index contributed by atoms with van der Waals surface area (Å²) in [6.07, 6.45) is -4.64. The van der Waals surface area contributed by atoms with Gasteiger partial charge in [-0.3, -0.25) is 4.79 Å². The summed E-state index contributed by atoms with van der Waals surface area (Å²) in [5.41, 5.74) is -0.447. The molecule has 0 spiro atoms. The fourth-order valence-corrected chi connectivity index (χ4v) is 4.14. The van der Waals surface area contributed by atoms with Crippen molar-refractivity contribution in [2.45, 2.75) is 37.8 Å². The summed E-state index contributed by atoms with van der Waals surface area (Å²) >= 11 is 0. The Kier molecular flexibility index (Phi) is 7.07. The van der Waals surface area contributed by atoms with E-state index in [9.17, 15) is 26.4 Å². The first-order chi connectivity index (χ1) is 13.5. The normalized spacial score (nSPS) is 12.4. The van der Waals surface area contributed by atoms with Gasteiger partial charge in [0.2, 0.25) is 15.9 Å². The first kappa shape index (κ1) is 22.9. The molecule has 0 heterocycles.